The molecule has 0 fully saturated rings. The lowest BCUT2D eigenvalue weighted by molar-refractivity contribution is 0.661. The lowest BCUT2D eigenvalue weighted by Gasteiger charge is -2.34. The largest absolute Gasteiger partial charge is 0.455 e. The van der Waals surface area contributed by atoms with Gasteiger partial charge in [0.15, 0.2) is 0 Å². The van der Waals surface area contributed by atoms with Gasteiger partial charge in [-0.3, -0.25) is 0 Å². The highest BCUT2D eigenvalue weighted by atomic mass is 32.1. The van der Waals surface area contributed by atoms with Crippen molar-refractivity contribution < 1.29 is 4.42 Å². The lowest BCUT2D eigenvalue weighted by Crippen LogP contribution is -2.21. The summed E-state index contributed by atoms with van der Waals surface area (Å²) in [5.74, 6) is 0. The van der Waals surface area contributed by atoms with Gasteiger partial charge in [0.1, 0.15) is 11.2 Å². The second-order valence-corrected chi connectivity index (χ2v) is 33.9. The molecule has 3 nitrogen and oxygen atoms in total. The van der Waals surface area contributed by atoms with Crippen LogP contribution in [-0.2, 0) is 10.8 Å². The third-order valence-corrected chi connectivity index (χ3v) is 26.8. The summed E-state index contributed by atoms with van der Waals surface area (Å²) < 4.78 is 9.17. The molecule has 556 valence electrons. The third-order valence-electron chi connectivity index (χ3n) is 25.6. The molecule has 118 heavy (non-hydrogen) atoms. The molecule has 0 unspecified atom stereocenters. The number of benzene rings is 20. The van der Waals surface area contributed by atoms with Crippen LogP contribution < -0.4 is 9.80 Å². The zero-order chi connectivity index (χ0) is 78.5. The van der Waals surface area contributed by atoms with Crippen LogP contribution in [0.5, 0.6) is 0 Å². The zero-order valence-corrected chi connectivity index (χ0v) is 66.6. The molecule has 4 heteroatoms. The van der Waals surface area contributed by atoms with Crippen molar-refractivity contribution in [2.75, 3.05) is 9.80 Å². The van der Waals surface area contributed by atoms with E-state index in [1.54, 1.807) is 0 Å². The molecular formula is C114H78N2OS. The van der Waals surface area contributed by atoms with E-state index in [1.165, 1.54) is 174 Å². The first-order valence-corrected chi connectivity index (χ1v) is 41.8. The Morgan fingerprint density at radius 3 is 1.10 bits per heavy atom. The molecule has 0 aliphatic heterocycles. The smallest absolute Gasteiger partial charge is 0.143 e. The first-order valence-electron chi connectivity index (χ1n) is 41.0. The summed E-state index contributed by atoms with van der Waals surface area (Å²) in [4.78, 5) is 5.08. The highest BCUT2D eigenvalue weighted by Crippen LogP contribution is 2.60. The number of nitrogens with zero attached hydrogens (tertiary/aromatic N) is 2. The lowest BCUT2D eigenvalue weighted by atomic mass is 9.80. The van der Waals surface area contributed by atoms with E-state index >= 15 is 0 Å². The molecule has 20 aromatic carbocycles. The molecule has 22 aromatic rings. The average Bonchev–Trinajstić information content (AvgIpc) is 1.56. The summed E-state index contributed by atoms with van der Waals surface area (Å²) >= 11 is 1.89. The van der Waals surface area contributed by atoms with E-state index in [0.29, 0.717) is 0 Å². The van der Waals surface area contributed by atoms with Gasteiger partial charge >= 0.3 is 0 Å². The molecule has 2 heterocycles. The second kappa shape index (κ2) is 27.1. The zero-order valence-electron chi connectivity index (χ0n) is 65.8. The minimum Gasteiger partial charge on any atom is -0.455 e. The number of para-hydroxylation sites is 2. The average molecular weight is 1520 g/mol. The maximum Gasteiger partial charge on any atom is 0.143 e. The highest BCUT2D eigenvalue weighted by Gasteiger charge is 2.42. The van der Waals surface area contributed by atoms with E-state index in [0.717, 1.165) is 55.8 Å². The number of fused-ring (bicyclic) bond motifs is 18. The number of rotatable bonds is 10. The molecule has 2 aromatic heterocycles. The van der Waals surface area contributed by atoms with Crippen molar-refractivity contribution in [1.82, 2.24) is 0 Å². The molecule has 24 rings (SSSR count). The van der Waals surface area contributed by atoms with Crippen LogP contribution in [0.3, 0.4) is 0 Å². The Balaban J connectivity index is 0.000000138. The van der Waals surface area contributed by atoms with Gasteiger partial charge in [-0.1, -0.05) is 343 Å². The van der Waals surface area contributed by atoms with E-state index in [4.69, 9.17) is 4.42 Å². The van der Waals surface area contributed by atoms with Gasteiger partial charge in [-0.05, 0) is 222 Å². The van der Waals surface area contributed by atoms with Gasteiger partial charge in [-0.15, -0.1) is 11.3 Å². The Labute approximate surface area is 689 Å². The van der Waals surface area contributed by atoms with Gasteiger partial charge in [-0.25, -0.2) is 0 Å². The summed E-state index contributed by atoms with van der Waals surface area (Å²) in [6, 6.07) is 148. The van der Waals surface area contributed by atoms with E-state index in [2.05, 4.69) is 432 Å². The number of thiophene rings is 1. The topological polar surface area (TPSA) is 19.6 Å². The Morgan fingerprint density at radius 2 is 0.593 bits per heavy atom. The Hall–Kier alpha value is -14.4. The molecule has 0 saturated carbocycles. The molecule has 0 amide bonds. The molecule has 0 N–H and O–H groups in total. The summed E-state index contributed by atoms with van der Waals surface area (Å²) in [7, 11) is 0. The molecule has 2 aliphatic rings. The molecule has 2 aliphatic carbocycles. The number of hydrogen-bond acceptors (Lipinski definition) is 4. The quantitative estimate of drug-likeness (QED) is 0.136. The van der Waals surface area contributed by atoms with Crippen molar-refractivity contribution in [2.45, 2.75) is 38.5 Å². The van der Waals surface area contributed by atoms with Crippen molar-refractivity contribution in [2.24, 2.45) is 0 Å². The first kappa shape index (κ1) is 69.1. The van der Waals surface area contributed by atoms with Gasteiger partial charge in [0.2, 0.25) is 0 Å². The van der Waals surface area contributed by atoms with Crippen molar-refractivity contribution in [1.29, 1.82) is 0 Å². The van der Waals surface area contributed by atoms with Crippen molar-refractivity contribution in [3.05, 3.63) is 423 Å². The Bertz CT molecular complexity index is 7410. The van der Waals surface area contributed by atoms with E-state index in [9.17, 15) is 0 Å². The van der Waals surface area contributed by atoms with Crippen LogP contribution in [0.2, 0.25) is 0 Å². The SMILES string of the molecule is CC1(C)c2cc3ccccc3cc2-c2cccc(N(c3ccc(-c4cccc5c4oc4ccccc45)cc3)c3ccc4ccccc4c3-c3cccc4ccccc34)c21.CC1(C)c2cc3ccccc3cc2-c2cccc(N(c3ccc(-c4cccc5c4sc4ccccc45)cc3)c3ccc4ccccc4c3-c3cccc4ccccc34)c21. The predicted octanol–water partition coefficient (Wildman–Crippen LogP) is 32.8. The van der Waals surface area contributed by atoms with Crippen LogP contribution in [0.15, 0.2) is 405 Å². The van der Waals surface area contributed by atoms with Gasteiger partial charge in [-0.2, -0.15) is 0 Å². The molecule has 0 atom stereocenters. The minimum atomic E-state index is -0.267. The standard InChI is InChI=1S/C57H39NO.C57H39NS/c2*1-57(2)50-35-40-17-4-3-16-39(40)34-49(50)47-24-13-26-52(55(47)57)58(41-31-28-38(29-32-41)44-22-12-25-48-45-21-9-10-27-53(45)59-56(44)48)51-33-30-37-15-6-8-20-43(37)54(51)46-23-11-18-36-14-5-7-19-42(36)46/h2*3-35H,1-2H3. The Kier molecular flexibility index (Phi) is 15.9. The van der Waals surface area contributed by atoms with Crippen LogP contribution in [0.25, 0.3) is 174 Å². The fourth-order valence-electron chi connectivity index (χ4n) is 20.1. The van der Waals surface area contributed by atoms with Crippen LogP contribution in [0.1, 0.15) is 49.9 Å². The van der Waals surface area contributed by atoms with E-state index in [-0.39, 0.29) is 10.8 Å². The molecule has 0 bridgehead atoms. The minimum absolute atomic E-state index is 0.253. The predicted molar refractivity (Wildman–Crippen MR) is 504 cm³/mol. The third kappa shape index (κ3) is 10.9. The maximum atomic E-state index is 6.52. The maximum absolute atomic E-state index is 6.52. The van der Waals surface area contributed by atoms with Gasteiger partial charge in [0.05, 0.1) is 22.7 Å². The summed E-state index contributed by atoms with van der Waals surface area (Å²) in [5, 5.41) is 19.8. The van der Waals surface area contributed by atoms with Gasteiger partial charge < -0.3 is 14.2 Å². The van der Waals surface area contributed by atoms with Crippen molar-refractivity contribution in [3.8, 4) is 66.8 Å². The fraction of sp³-hybridized carbons (Fsp3) is 0.0526. The van der Waals surface area contributed by atoms with Crippen LogP contribution in [0, 0.1) is 0 Å². The monoisotopic (exact) mass is 1520 g/mol. The summed E-state index contributed by atoms with van der Waals surface area (Å²) in [6.45, 7) is 9.62. The van der Waals surface area contributed by atoms with Gasteiger partial charge in [0.25, 0.3) is 0 Å². The van der Waals surface area contributed by atoms with E-state index < -0.39 is 0 Å². The number of hydrogen-bond donors (Lipinski definition) is 0. The molecule has 0 saturated heterocycles. The highest BCUT2D eigenvalue weighted by molar-refractivity contribution is 7.26. The summed E-state index contributed by atoms with van der Waals surface area (Å²) in [6.07, 6.45) is 0. The van der Waals surface area contributed by atoms with Crippen LogP contribution in [-0.4, -0.2) is 0 Å². The van der Waals surface area contributed by atoms with Crippen LogP contribution >= 0.6 is 11.3 Å². The normalized spacial score (nSPS) is 13.1. The van der Waals surface area contributed by atoms with Gasteiger partial charge in [0, 0.05) is 69.8 Å². The van der Waals surface area contributed by atoms with E-state index in [1.807, 2.05) is 17.4 Å². The second-order valence-electron chi connectivity index (χ2n) is 32.9. The molecule has 0 radical (unpaired) electrons. The van der Waals surface area contributed by atoms with Crippen molar-refractivity contribution >= 4 is 152 Å². The Morgan fingerprint density at radius 1 is 0.237 bits per heavy atom. The fourth-order valence-corrected chi connectivity index (χ4v) is 21.4. The molecule has 0 spiro atoms. The summed E-state index contributed by atoms with van der Waals surface area (Å²) in [5.41, 5.74) is 28.4. The van der Waals surface area contributed by atoms with Crippen molar-refractivity contribution in [3.63, 3.8) is 0 Å². The molecular weight excluding hydrogens is 1450 g/mol. The number of anilines is 6. The number of furan rings is 1. The van der Waals surface area contributed by atoms with Crippen LogP contribution in [0.4, 0.5) is 34.1 Å². The first-order chi connectivity index (χ1) is 58.1.